The van der Waals surface area contributed by atoms with Gasteiger partial charge in [-0.05, 0) is 30.7 Å². The molecule has 0 spiro atoms. The summed E-state index contributed by atoms with van der Waals surface area (Å²) < 4.78 is 26.3. The number of rotatable bonds is 10. The molecule has 0 aliphatic rings. The molecule has 2 rings (SSSR count). The largest absolute Gasteiger partial charge is 0.326 e. The van der Waals surface area contributed by atoms with Gasteiger partial charge in [-0.2, -0.15) is 4.31 Å². The maximum Gasteiger partial charge on any atom is 0.243 e. The zero-order valence-electron chi connectivity index (χ0n) is 16.2. The molecule has 0 saturated heterocycles. The number of carbonyl (C=O) groups excluding carboxylic acids is 2. The summed E-state index contributed by atoms with van der Waals surface area (Å²) in [5.41, 5.74) is 1.17. The summed E-state index contributed by atoms with van der Waals surface area (Å²) in [6, 6.07) is 15.1. The van der Waals surface area contributed by atoms with E-state index in [0.29, 0.717) is 37.2 Å². The maximum absolute atomic E-state index is 12.5. The van der Waals surface area contributed by atoms with Crippen molar-refractivity contribution in [1.29, 1.82) is 0 Å². The number of amides is 1. The van der Waals surface area contributed by atoms with Crippen LogP contribution in [0.1, 0.15) is 43.5 Å². The van der Waals surface area contributed by atoms with Crippen LogP contribution in [0.15, 0.2) is 59.5 Å². The number of nitrogens with one attached hydrogen (secondary N) is 1. The van der Waals surface area contributed by atoms with Crippen LogP contribution < -0.4 is 5.32 Å². The molecule has 0 aromatic heterocycles. The molecule has 6 nitrogen and oxygen atoms in total. The standard InChI is InChI=1S/C21H26N2O4S/c1-3-23(4-2)28(26,27)19-15-13-18(14-16-19)22-21(25)12-8-11-20(24)17-9-6-5-7-10-17/h5-7,9-10,13-16H,3-4,8,11-12H2,1-2H3,(H,22,25). The van der Waals surface area contributed by atoms with E-state index >= 15 is 0 Å². The molecule has 0 bridgehead atoms. The van der Waals surface area contributed by atoms with Gasteiger partial charge in [-0.15, -0.1) is 0 Å². The maximum atomic E-state index is 12.5. The van der Waals surface area contributed by atoms with Crippen molar-refractivity contribution >= 4 is 27.4 Å². The van der Waals surface area contributed by atoms with E-state index in [1.165, 1.54) is 16.4 Å². The van der Waals surface area contributed by atoms with E-state index in [0.717, 1.165) is 0 Å². The van der Waals surface area contributed by atoms with Crippen LogP contribution >= 0.6 is 0 Å². The van der Waals surface area contributed by atoms with Gasteiger partial charge in [0, 0.05) is 37.2 Å². The average molecular weight is 403 g/mol. The summed E-state index contributed by atoms with van der Waals surface area (Å²) in [5, 5.41) is 2.73. The Balaban J connectivity index is 1.86. The monoisotopic (exact) mass is 402 g/mol. The van der Waals surface area contributed by atoms with Crippen LogP contribution in [0.2, 0.25) is 0 Å². The summed E-state index contributed by atoms with van der Waals surface area (Å²) in [6.45, 7) is 4.38. The summed E-state index contributed by atoms with van der Waals surface area (Å²) in [7, 11) is -3.51. The zero-order valence-corrected chi connectivity index (χ0v) is 17.0. The Kier molecular flexibility index (Phi) is 7.90. The van der Waals surface area contributed by atoms with Crippen LogP contribution in [0.5, 0.6) is 0 Å². The number of nitrogens with zero attached hydrogens (tertiary/aromatic N) is 1. The Bertz CT molecular complexity index is 890. The summed E-state index contributed by atoms with van der Waals surface area (Å²) in [5.74, 6) is -0.195. The van der Waals surface area contributed by atoms with E-state index in [1.807, 2.05) is 18.2 Å². The normalized spacial score (nSPS) is 11.4. The minimum absolute atomic E-state index is 0.0133. The van der Waals surface area contributed by atoms with Gasteiger partial charge in [0.05, 0.1) is 4.90 Å². The van der Waals surface area contributed by atoms with Crippen molar-refractivity contribution in [3.63, 3.8) is 0 Å². The highest BCUT2D eigenvalue weighted by Crippen LogP contribution is 2.18. The van der Waals surface area contributed by atoms with Gasteiger partial charge in [0.15, 0.2) is 5.78 Å². The van der Waals surface area contributed by atoms with Crippen molar-refractivity contribution < 1.29 is 18.0 Å². The first-order chi connectivity index (χ1) is 13.4. The topological polar surface area (TPSA) is 83.6 Å². The highest BCUT2D eigenvalue weighted by molar-refractivity contribution is 7.89. The van der Waals surface area contributed by atoms with Gasteiger partial charge in [0.2, 0.25) is 15.9 Å². The van der Waals surface area contributed by atoms with Crippen molar-refractivity contribution in [2.45, 2.75) is 38.0 Å². The summed E-state index contributed by atoms with van der Waals surface area (Å²) in [6.07, 6.45) is 0.977. The first-order valence-electron chi connectivity index (χ1n) is 9.36. The third-order valence-electron chi connectivity index (χ3n) is 4.38. The Hall–Kier alpha value is -2.51. The third kappa shape index (κ3) is 5.74. The van der Waals surface area contributed by atoms with Crippen LogP contribution in [-0.2, 0) is 14.8 Å². The first kappa shape index (κ1) is 21.8. The van der Waals surface area contributed by atoms with Crippen molar-refractivity contribution in [2.75, 3.05) is 18.4 Å². The number of hydrogen-bond donors (Lipinski definition) is 1. The van der Waals surface area contributed by atoms with Crippen molar-refractivity contribution in [3.05, 3.63) is 60.2 Å². The molecule has 0 atom stereocenters. The smallest absolute Gasteiger partial charge is 0.243 e. The summed E-state index contributed by atoms with van der Waals surface area (Å²) in [4.78, 5) is 24.3. The lowest BCUT2D eigenvalue weighted by Crippen LogP contribution is -2.30. The fourth-order valence-corrected chi connectivity index (χ4v) is 4.28. The second kappa shape index (κ2) is 10.1. The molecular formula is C21H26N2O4S. The predicted molar refractivity (Wildman–Crippen MR) is 110 cm³/mol. The average Bonchev–Trinajstić information content (AvgIpc) is 2.69. The predicted octanol–water partition coefficient (Wildman–Crippen LogP) is 3.71. The number of Topliss-reactive ketones (excluding diaryl/α,β-unsaturated/α-hetero) is 1. The van der Waals surface area contributed by atoms with Gasteiger partial charge in [0.25, 0.3) is 0 Å². The number of anilines is 1. The molecule has 0 aliphatic carbocycles. The van der Waals surface area contributed by atoms with Crippen LogP contribution in [-0.4, -0.2) is 37.5 Å². The SMILES string of the molecule is CCN(CC)S(=O)(=O)c1ccc(NC(=O)CCCC(=O)c2ccccc2)cc1. The molecule has 7 heteroatoms. The molecule has 28 heavy (non-hydrogen) atoms. The molecule has 0 aliphatic heterocycles. The van der Waals surface area contributed by atoms with E-state index < -0.39 is 10.0 Å². The van der Waals surface area contributed by atoms with Crippen LogP contribution in [0.25, 0.3) is 0 Å². The molecule has 0 saturated carbocycles. The van der Waals surface area contributed by atoms with Crippen molar-refractivity contribution in [1.82, 2.24) is 4.31 Å². The lowest BCUT2D eigenvalue weighted by atomic mass is 10.1. The van der Waals surface area contributed by atoms with Crippen LogP contribution in [0, 0.1) is 0 Å². The highest BCUT2D eigenvalue weighted by Gasteiger charge is 2.21. The Morgan fingerprint density at radius 2 is 1.50 bits per heavy atom. The van der Waals surface area contributed by atoms with Crippen molar-refractivity contribution in [2.24, 2.45) is 0 Å². The molecule has 0 unspecified atom stereocenters. The first-order valence-corrected chi connectivity index (χ1v) is 10.8. The molecule has 2 aromatic rings. The fraction of sp³-hybridized carbons (Fsp3) is 0.333. The second-order valence-corrected chi connectivity index (χ2v) is 8.24. The number of benzene rings is 2. The zero-order chi connectivity index (χ0) is 20.6. The molecule has 0 radical (unpaired) electrons. The van der Waals surface area contributed by atoms with Gasteiger partial charge in [-0.3, -0.25) is 9.59 Å². The molecular weight excluding hydrogens is 376 g/mol. The van der Waals surface area contributed by atoms with Gasteiger partial charge in [-0.1, -0.05) is 44.2 Å². The number of hydrogen-bond acceptors (Lipinski definition) is 4. The molecule has 1 amide bonds. The number of ketones is 1. The van der Waals surface area contributed by atoms with E-state index in [-0.39, 0.29) is 23.0 Å². The second-order valence-electron chi connectivity index (χ2n) is 6.30. The van der Waals surface area contributed by atoms with Gasteiger partial charge in [-0.25, -0.2) is 8.42 Å². The lowest BCUT2D eigenvalue weighted by Gasteiger charge is -2.18. The summed E-state index contributed by atoms with van der Waals surface area (Å²) >= 11 is 0. The number of carbonyl (C=O) groups is 2. The minimum Gasteiger partial charge on any atom is -0.326 e. The molecule has 0 heterocycles. The lowest BCUT2D eigenvalue weighted by molar-refractivity contribution is -0.116. The third-order valence-corrected chi connectivity index (χ3v) is 6.45. The number of sulfonamides is 1. The van der Waals surface area contributed by atoms with Crippen molar-refractivity contribution in [3.8, 4) is 0 Å². The van der Waals surface area contributed by atoms with E-state index in [4.69, 9.17) is 0 Å². The van der Waals surface area contributed by atoms with E-state index in [2.05, 4.69) is 5.32 Å². The minimum atomic E-state index is -3.51. The fourth-order valence-electron chi connectivity index (χ4n) is 2.82. The molecule has 1 N–H and O–H groups in total. The van der Waals surface area contributed by atoms with E-state index in [1.54, 1.807) is 38.1 Å². The van der Waals surface area contributed by atoms with Gasteiger partial charge < -0.3 is 5.32 Å². The van der Waals surface area contributed by atoms with Crippen LogP contribution in [0.4, 0.5) is 5.69 Å². The Morgan fingerprint density at radius 3 is 2.07 bits per heavy atom. The van der Waals surface area contributed by atoms with E-state index in [9.17, 15) is 18.0 Å². The van der Waals surface area contributed by atoms with Gasteiger partial charge >= 0.3 is 0 Å². The Morgan fingerprint density at radius 1 is 0.893 bits per heavy atom. The Labute approximate surface area is 166 Å². The highest BCUT2D eigenvalue weighted by atomic mass is 32.2. The molecule has 0 fully saturated rings. The molecule has 150 valence electrons. The van der Waals surface area contributed by atoms with Gasteiger partial charge in [0.1, 0.15) is 0 Å². The van der Waals surface area contributed by atoms with Crippen LogP contribution in [0.3, 0.4) is 0 Å². The quantitative estimate of drug-likeness (QED) is 0.614. The molecule has 2 aromatic carbocycles.